The second-order valence-electron chi connectivity index (χ2n) is 6.30. The molecule has 0 aromatic carbocycles. The van der Waals surface area contributed by atoms with E-state index in [1.807, 2.05) is 0 Å². The Bertz CT molecular complexity index is 629. The summed E-state index contributed by atoms with van der Waals surface area (Å²) in [6.45, 7) is 5.87. The lowest BCUT2D eigenvalue weighted by molar-refractivity contribution is -0.149. The molecule has 2 aliphatic rings. The summed E-state index contributed by atoms with van der Waals surface area (Å²) in [4.78, 5) is 20.0. The van der Waals surface area contributed by atoms with Gasteiger partial charge in [-0.2, -0.15) is 0 Å². The minimum Gasteiger partial charge on any atom is -0.462 e. The van der Waals surface area contributed by atoms with E-state index in [-0.39, 0.29) is 18.0 Å². The predicted molar refractivity (Wildman–Crippen MR) is 85.3 cm³/mol. The van der Waals surface area contributed by atoms with E-state index in [9.17, 15) is 4.79 Å². The van der Waals surface area contributed by atoms with E-state index in [1.165, 1.54) is 18.8 Å². The number of allylic oxidation sites excluding steroid dienone is 1. The van der Waals surface area contributed by atoms with Gasteiger partial charge in [-0.25, -0.2) is 9.97 Å². The van der Waals surface area contributed by atoms with Gasteiger partial charge in [0, 0.05) is 18.4 Å². The van der Waals surface area contributed by atoms with Gasteiger partial charge < -0.3 is 4.74 Å². The van der Waals surface area contributed by atoms with E-state index in [4.69, 9.17) is 16.3 Å². The van der Waals surface area contributed by atoms with Crippen molar-refractivity contribution in [3.8, 4) is 0 Å². The molecule has 1 saturated carbocycles. The van der Waals surface area contributed by atoms with Crippen LogP contribution in [0.3, 0.4) is 0 Å². The Morgan fingerprint density at radius 3 is 2.91 bits per heavy atom. The minimum absolute atomic E-state index is 0.0756. The first kappa shape index (κ1) is 15.5. The molecule has 0 radical (unpaired) electrons. The van der Waals surface area contributed by atoms with Crippen LogP contribution in [0.5, 0.6) is 0 Å². The average molecular weight is 321 g/mol. The van der Waals surface area contributed by atoms with Crippen molar-refractivity contribution in [2.24, 2.45) is 17.8 Å². The van der Waals surface area contributed by atoms with E-state index < -0.39 is 0 Å². The van der Waals surface area contributed by atoms with Crippen LogP contribution in [0, 0.1) is 17.8 Å². The molecule has 4 nitrogen and oxygen atoms in total. The number of ether oxygens (including phenoxy) is 1. The third-order valence-corrected chi connectivity index (χ3v) is 5.46. The number of hydrogen-bond donors (Lipinski definition) is 0. The van der Waals surface area contributed by atoms with Gasteiger partial charge in [-0.3, -0.25) is 4.79 Å². The van der Waals surface area contributed by atoms with Gasteiger partial charge in [-0.1, -0.05) is 37.9 Å². The Morgan fingerprint density at radius 2 is 2.23 bits per heavy atom. The molecule has 0 spiro atoms. The van der Waals surface area contributed by atoms with Gasteiger partial charge in [0.15, 0.2) is 0 Å². The number of aromatic nitrogens is 2. The van der Waals surface area contributed by atoms with Crippen molar-refractivity contribution in [3.05, 3.63) is 28.8 Å². The molecule has 118 valence electrons. The minimum atomic E-state index is -0.210. The van der Waals surface area contributed by atoms with E-state index in [0.717, 1.165) is 30.5 Å². The van der Waals surface area contributed by atoms with Gasteiger partial charge in [0.05, 0.1) is 5.69 Å². The largest absolute Gasteiger partial charge is 0.462 e. The molecule has 1 aromatic heterocycles. The lowest BCUT2D eigenvalue weighted by atomic mass is 9.92. The monoisotopic (exact) mass is 320 g/mol. The van der Waals surface area contributed by atoms with Crippen molar-refractivity contribution < 1.29 is 9.53 Å². The van der Waals surface area contributed by atoms with Gasteiger partial charge in [0.2, 0.25) is 0 Å². The molecule has 0 unspecified atom stereocenters. The maximum absolute atomic E-state index is 11.5. The van der Waals surface area contributed by atoms with E-state index in [1.54, 1.807) is 0 Å². The van der Waals surface area contributed by atoms with Crippen LogP contribution in [0.1, 0.15) is 44.9 Å². The molecule has 4 atom stereocenters. The molecule has 0 N–H and O–H groups in total. The van der Waals surface area contributed by atoms with Gasteiger partial charge in [0.25, 0.3) is 0 Å². The molecule has 0 bridgehead atoms. The maximum atomic E-state index is 11.5. The Balaban J connectivity index is 1.94. The summed E-state index contributed by atoms with van der Waals surface area (Å²) in [6.07, 6.45) is 6.50. The normalized spacial score (nSPS) is 30.1. The van der Waals surface area contributed by atoms with Gasteiger partial charge >= 0.3 is 5.97 Å². The maximum Gasteiger partial charge on any atom is 0.302 e. The highest BCUT2D eigenvalue weighted by atomic mass is 35.5. The van der Waals surface area contributed by atoms with E-state index >= 15 is 0 Å². The zero-order valence-corrected chi connectivity index (χ0v) is 13.9. The van der Waals surface area contributed by atoms with Crippen LogP contribution in [0.2, 0.25) is 5.15 Å². The van der Waals surface area contributed by atoms with Crippen molar-refractivity contribution in [2.75, 3.05) is 0 Å². The van der Waals surface area contributed by atoms with Crippen molar-refractivity contribution in [1.82, 2.24) is 9.97 Å². The van der Waals surface area contributed by atoms with Crippen molar-refractivity contribution in [1.29, 1.82) is 0 Å². The van der Waals surface area contributed by atoms with Gasteiger partial charge in [-0.15, -0.1) is 0 Å². The third kappa shape index (κ3) is 2.54. The van der Waals surface area contributed by atoms with Crippen molar-refractivity contribution in [2.45, 2.75) is 46.1 Å². The Hall–Kier alpha value is -1.42. The summed E-state index contributed by atoms with van der Waals surface area (Å²) in [5, 5.41) is 0.526. The first-order valence-electron chi connectivity index (χ1n) is 7.89. The highest BCUT2D eigenvalue weighted by Crippen LogP contribution is 2.48. The number of carbonyl (C=O) groups excluding carboxylic acids is 1. The molecule has 5 heteroatoms. The zero-order valence-electron chi connectivity index (χ0n) is 13.2. The molecule has 2 aliphatic carbocycles. The van der Waals surface area contributed by atoms with Crippen molar-refractivity contribution >= 4 is 23.1 Å². The average Bonchev–Trinajstić information content (AvgIpc) is 3.02. The molecular formula is C17H21ClN2O2. The number of nitrogens with zero attached hydrogens (tertiary/aromatic N) is 2. The number of rotatable bonds is 3. The van der Waals surface area contributed by atoms with Crippen LogP contribution in [0.4, 0.5) is 0 Å². The highest BCUT2D eigenvalue weighted by Gasteiger charge is 2.45. The van der Waals surface area contributed by atoms with Crippen LogP contribution in [-0.2, 0) is 16.0 Å². The third-order valence-electron chi connectivity index (χ3n) is 5.13. The molecular weight excluding hydrogens is 300 g/mol. The second kappa shape index (κ2) is 5.99. The smallest absolute Gasteiger partial charge is 0.302 e. The van der Waals surface area contributed by atoms with Crippen LogP contribution in [-0.4, -0.2) is 22.0 Å². The first-order valence-corrected chi connectivity index (χ1v) is 8.27. The molecule has 1 fully saturated rings. The Kier molecular flexibility index (Phi) is 4.22. The summed E-state index contributed by atoms with van der Waals surface area (Å²) in [5.41, 5.74) is 3.10. The summed E-state index contributed by atoms with van der Waals surface area (Å²) in [6, 6.07) is 0. The summed E-state index contributed by atoms with van der Waals surface area (Å²) in [7, 11) is 0. The second-order valence-corrected chi connectivity index (χ2v) is 6.66. The highest BCUT2D eigenvalue weighted by molar-refractivity contribution is 6.30. The van der Waals surface area contributed by atoms with Gasteiger partial charge in [0.1, 0.15) is 17.6 Å². The molecule has 0 aliphatic heterocycles. The summed E-state index contributed by atoms with van der Waals surface area (Å²) < 4.78 is 5.67. The topological polar surface area (TPSA) is 52.1 Å². The quantitative estimate of drug-likeness (QED) is 0.629. The summed E-state index contributed by atoms with van der Waals surface area (Å²) in [5.74, 6) is 0.923. The number of halogens is 1. The Morgan fingerprint density at radius 1 is 1.45 bits per heavy atom. The molecule has 22 heavy (non-hydrogen) atoms. The van der Waals surface area contributed by atoms with E-state index in [2.05, 4.69) is 29.9 Å². The lowest BCUT2D eigenvalue weighted by Gasteiger charge is -2.24. The predicted octanol–water partition coefficient (Wildman–Crippen LogP) is 3.68. The fourth-order valence-corrected chi connectivity index (χ4v) is 4.20. The molecule has 0 amide bonds. The van der Waals surface area contributed by atoms with E-state index in [0.29, 0.717) is 17.0 Å². The number of carbonyl (C=O) groups is 1. The van der Waals surface area contributed by atoms with Gasteiger partial charge in [-0.05, 0) is 30.3 Å². The zero-order chi connectivity index (χ0) is 15.9. The number of hydrogen-bond acceptors (Lipinski definition) is 4. The van der Waals surface area contributed by atoms with Crippen LogP contribution in [0.15, 0.2) is 12.4 Å². The SMILES string of the molecule is CC[C@H]1C[C@@H](C2=CCc3c(Cl)ncnc32)[C@H](OC(C)=O)[C@H]1C. The fourth-order valence-electron chi connectivity index (χ4n) is 3.99. The summed E-state index contributed by atoms with van der Waals surface area (Å²) >= 11 is 6.18. The number of fused-ring (bicyclic) bond motifs is 1. The molecule has 1 heterocycles. The standard InChI is InChI=1S/C17H21ClN2O2/c1-4-11-7-14(16(9(11)2)22-10(3)21)12-5-6-13-15(12)19-8-20-17(13)18/h5,8-9,11,14,16H,4,6-7H2,1-3H3/t9-,11-,14-,16+/m0/s1. The van der Waals surface area contributed by atoms with Crippen LogP contribution >= 0.6 is 11.6 Å². The van der Waals surface area contributed by atoms with Crippen LogP contribution in [0.25, 0.3) is 5.57 Å². The first-order chi connectivity index (χ1) is 10.5. The van der Waals surface area contributed by atoms with Crippen molar-refractivity contribution in [3.63, 3.8) is 0 Å². The fraction of sp³-hybridized carbons (Fsp3) is 0.588. The lowest BCUT2D eigenvalue weighted by Crippen LogP contribution is -2.27. The number of esters is 1. The molecule has 3 rings (SSSR count). The molecule has 0 saturated heterocycles. The molecule has 1 aromatic rings. The Labute approximate surface area is 135 Å². The van der Waals surface area contributed by atoms with Crippen LogP contribution < -0.4 is 0 Å².